The van der Waals surface area contributed by atoms with Crippen molar-refractivity contribution in [2.45, 2.75) is 51.5 Å². The fourth-order valence-corrected chi connectivity index (χ4v) is 5.79. The van der Waals surface area contributed by atoms with Crippen molar-refractivity contribution < 1.29 is 9.47 Å². The maximum atomic E-state index is 6.91. The molecule has 0 aliphatic carbocycles. The van der Waals surface area contributed by atoms with E-state index in [4.69, 9.17) is 19.7 Å². The van der Waals surface area contributed by atoms with Gasteiger partial charge in [0.15, 0.2) is 6.23 Å². The first-order valence-electron chi connectivity index (χ1n) is 10.8. The number of rotatable bonds is 2. The number of anilines is 1. The molecule has 158 valence electrons. The molecule has 6 nitrogen and oxygen atoms in total. The molecule has 31 heavy (non-hydrogen) atoms. The van der Waals surface area contributed by atoms with Crippen LogP contribution >= 0.6 is 0 Å². The number of aryl methyl sites for hydroxylation is 1. The van der Waals surface area contributed by atoms with E-state index < -0.39 is 11.2 Å². The molecule has 4 atom stereocenters. The average Bonchev–Trinajstić information content (AvgIpc) is 3.26. The zero-order valence-electron chi connectivity index (χ0n) is 18.2. The van der Waals surface area contributed by atoms with Crippen molar-refractivity contribution in [3.05, 3.63) is 71.9 Å². The summed E-state index contributed by atoms with van der Waals surface area (Å²) in [6.07, 6.45) is 0.532. The third kappa shape index (κ3) is 2.54. The van der Waals surface area contributed by atoms with Crippen molar-refractivity contribution in [1.82, 2.24) is 9.78 Å². The molecule has 0 spiro atoms. The maximum Gasteiger partial charge on any atom is 0.223 e. The topological polar surface area (TPSA) is 51.9 Å². The number of fused-ring (bicyclic) bond motifs is 6. The monoisotopic (exact) mass is 414 g/mol. The van der Waals surface area contributed by atoms with Crippen molar-refractivity contribution in [1.29, 1.82) is 0 Å². The molecule has 1 fully saturated rings. The van der Waals surface area contributed by atoms with E-state index in [2.05, 4.69) is 32.9 Å². The van der Waals surface area contributed by atoms with Crippen LogP contribution in [0, 0.1) is 12.8 Å². The van der Waals surface area contributed by atoms with Crippen molar-refractivity contribution in [2.75, 3.05) is 5.01 Å². The van der Waals surface area contributed by atoms with Crippen LogP contribution in [0.15, 0.2) is 65.8 Å². The molecule has 2 aromatic carbocycles. The number of nitrogens with zero attached hydrogens (tertiary/aromatic N) is 4. The van der Waals surface area contributed by atoms with Gasteiger partial charge in [-0.15, -0.1) is 0 Å². The van der Waals surface area contributed by atoms with Gasteiger partial charge in [-0.05, 0) is 52.0 Å². The summed E-state index contributed by atoms with van der Waals surface area (Å²) in [5.41, 5.74) is 4.03. The summed E-state index contributed by atoms with van der Waals surface area (Å²) < 4.78 is 15.7. The first-order valence-corrected chi connectivity index (χ1v) is 10.8. The van der Waals surface area contributed by atoms with Crippen molar-refractivity contribution >= 4 is 11.4 Å². The molecule has 0 amide bonds. The van der Waals surface area contributed by atoms with Gasteiger partial charge in [0.25, 0.3) is 0 Å². The van der Waals surface area contributed by atoms with Gasteiger partial charge in [-0.3, -0.25) is 0 Å². The van der Waals surface area contributed by atoms with Gasteiger partial charge in [0, 0.05) is 12.1 Å². The molecule has 6 heteroatoms. The molecular weight excluding hydrogens is 388 g/mol. The van der Waals surface area contributed by atoms with Gasteiger partial charge in [-0.1, -0.05) is 36.4 Å². The Hall–Kier alpha value is -3.12. The molecule has 0 saturated carbocycles. The van der Waals surface area contributed by atoms with Crippen molar-refractivity contribution in [2.24, 2.45) is 11.0 Å². The summed E-state index contributed by atoms with van der Waals surface area (Å²) >= 11 is 0. The highest BCUT2D eigenvalue weighted by Gasteiger charge is 2.63. The summed E-state index contributed by atoms with van der Waals surface area (Å²) in [5, 5.41) is 11.8. The van der Waals surface area contributed by atoms with Gasteiger partial charge in [0.2, 0.25) is 5.88 Å². The number of hydrogen-bond acceptors (Lipinski definition) is 5. The van der Waals surface area contributed by atoms with Crippen molar-refractivity contribution in [3.63, 3.8) is 0 Å². The molecule has 0 unspecified atom stereocenters. The molecule has 3 aliphatic rings. The zero-order chi connectivity index (χ0) is 21.4. The van der Waals surface area contributed by atoms with Crippen LogP contribution in [0.25, 0.3) is 5.69 Å². The number of ether oxygens (including phenoxy) is 2. The van der Waals surface area contributed by atoms with Crippen molar-refractivity contribution in [3.8, 4) is 11.6 Å². The SMILES string of the molecule is CC1=NN(c2ccccc2)[C@@H]2O[C@@]3(C)C[C@](C)(Oc4c3c(C)nn4-c3ccccc3)[C@H]12. The Labute approximate surface area is 182 Å². The van der Waals surface area contributed by atoms with E-state index in [1.54, 1.807) is 0 Å². The van der Waals surface area contributed by atoms with Gasteiger partial charge in [-0.25, -0.2) is 9.69 Å². The molecule has 0 radical (unpaired) electrons. The van der Waals surface area contributed by atoms with E-state index in [9.17, 15) is 0 Å². The molecule has 2 bridgehead atoms. The Balaban J connectivity index is 1.50. The minimum Gasteiger partial charge on any atom is -0.470 e. The Kier molecular flexibility index (Phi) is 3.73. The second-order valence-electron chi connectivity index (χ2n) is 9.24. The highest BCUT2D eigenvalue weighted by molar-refractivity contribution is 5.90. The van der Waals surface area contributed by atoms with Gasteiger partial charge in [0.1, 0.15) is 11.2 Å². The summed E-state index contributed by atoms with van der Waals surface area (Å²) in [5.74, 6) is 0.803. The second-order valence-corrected chi connectivity index (χ2v) is 9.24. The number of hydrazone groups is 1. The van der Waals surface area contributed by atoms with Crippen LogP contribution < -0.4 is 9.75 Å². The summed E-state index contributed by atoms with van der Waals surface area (Å²) in [6.45, 7) is 8.48. The first kappa shape index (κ1) is 18.6. The summed E-state index contributed by atoms with van der Waals surface area (Å²) in [7, 11) is 0. The number of hydrogen-bond donors (Lipinski definition) is 0. The maximum absolute atomic E-state index is 6.91. The van der Waals surface area contributed by atoms with E-state index >= 15 is 0 Å². The Morgan fingerprint density at radius 1 is 0.935 bits per heavy atom. The van der Waals surface area contributed by atoms with Crippen LogP contribution in [0.3, 0.4) is 0 Å². The predicted molar refractivity (Wildman–Crippen MR) is 120 cm³/mol. The molecule has 0 N–H and O–H groups in total. The normalized spacial score (nSPS) is 31.0. The lowest BCUT2D eigenvalue weighted by atomic mass is 9.70. The van der Waals surface area contributed by atoms with Crippen LogP contribution in [0.1, 0.15) is 38.4 Å². The Morgan fingerprint density at radius 3 is 2.26 bits per heavy atom. The van der Waals surface area contributed by atoms with Crippen LogP contribution in [-0.4, -0.2) is 27.3 Å². The van der Waals surface area contributed by atoms with Crippen LogP contribution in [0.2, 0.25) is 0 Å². The van der Waals surface area contributed by atoms with E-state index in [1.165, 1.54) is 0 Å². The lowest BCUT2D eigenvalue weighted by Gasteiger charge is -2.54. The highest BCUT2D eigenvalue weighted by Crippen LogP contribution is 2.57. The predicted octanol–water partition coefficient (Wildman–Crippen LogP) is 4.81. The standard InChI is InChI=1S/C25H26N4O2/c1-16-20-22(28(26-16)18-11-7-5-8-12-18)30-25(4)15-24(20,3)31-23-21(25)17(2)27-29(23)19-13-9-6-10-14-19/h5-14,20,22H,15H2,1-4H3/t20-,22-,24+,25+/m1/s1. The lowest BCUT2D eigenvalue weighted by molar-refractivity contribution is -0.212. The molecule has 1 saturated heterocycles. The fraction of sp³-hybridized carbons (Fsp3) is 0.360. The minimum atomic E-state index is -0.520. The van der Waals surface area contributed by atoms with Gasteiger partial charge in [-0.2, -0.15) is 10.2 Å². The number of benzene rings is 2. The van der Waals surface area contributed by atoms with Gasteiger partial charge >= 0.3 is 0 Å². The lowest BCUT2D eigenvalue weighted by Crippen LogP contribution is -2.63. The molecule has 1 aromatic heterocycles. The third-order valence-electron chi connectivity index (χ3n) is 6.87. The van der Waals surface area contributed by atoms with E-state index in [1.807, 2.05) is 65.1 Å². The zero-order valence-corrected chi connectivity index (χ0v) is 18.2. The Bertz CT molecular complexity index is 1190. The number of para-hydroxylation sites is 2. The largest absolute Gasteiger partial charge is 0.470 e. The third-order valence-corrected chi connectivity index (χ3v) is 6.87. The smallest absolute Gasteiger partial charge is 0.223 e. The summed E-state index contributed by atoms with van der Waals surface area (Å²) in [4.78, 5) is 0. The molecular formula is C25H26N4O2. The van der Waals surface area contributed by atoms with Crippen LogP contribution in [0.4, 0.5) is 5.69 Å². The molecule has 3 aromatic rings. The number of aromatic nitrogens is 2. The first-order chi connectivity index (χ1) is 14.9. The van der Waals surface area contributed by atoms with E-state index in [-0.39, 0.29) is 12.1 Å². The Morgan fingerprint density at radius 2 is 1.58 bits per heavy atom. The second kappa shape index (κ2) is 6.20. The van der Waals surface area contributed by atoms with E-state index in [0.717, 1.165) is 40.6 Å². The molecule has 6 rings (SSSR count). The quantitative estimate of drug-likeness (QED) is 0.604. The van der Waals surface area contributed by atoms with Gasteiger partial charge in [0.05, 0.1) is 28.6 Å². The molecule has 4 heterocycles. The van der Waals surface area contributed by atoms with Crippen LogP contribution in [0.5, 0.6) is 5.88 Å². The van der Waals surface area contributed by atoms with Gasteiger partial charge < -0.3 is 9.47 Å². The highest BCUT2D eigenvalue weighted by atomic mass is 16.6. The minimum absolute atomic E-state index is 0.0216. The van der Waals surface area contributed by atoms with E-state index in [0.29, 0.717) is 0 Å². The molecule has 3 aliphatic heterocycles. The average molecular weight is 415 g/mol. The van der Waals surface area contributed by atoms with Crippen LogP contribution in [-0.2, 0) is 10.3 Å². The summed E-state index contributed by atoms with van der Waals surface area (Å²) in [6, 6.07) is 20.4. The fourth-order valence-electron chi connectivity index (χ4n) is 5.79.